The van der Waals surface area contributed by atoms with Crippen molar-refractivity contribution in [3.8, 4) is 0 Å². The third-order valence-corrected chi connectivity index (χ3v) is 3.21. The smallest absolute Gasteiger partial charge is 0.126 e. The highest BCUT2D eigenvalue weighted by Crippen LogP contribution is 2.32. The molecule has 1 aliphatic rings. The standard InChI is InChI=1S/C13H17F2NO/c1-2-4-16-5-3-12(17)13(16)9-6-10(14)8-11(15)7-9/h6-8,12-13,17H,2-5H2,1H3. The minimum absolute atomic E-state index is 0.278. The van der Waals surface area contributed by atoms with Gasteiger partial charge in [-0.2, -0.15) is 0 Å². The van der Waals surface area contributed by atoms with E-state index in [2.05, 4.69) is 4.90 Å². The van der Waals surface area contributed by atoms with Crippen molar-refractivity contribution in [2.24, 2.45) is 0 Å². The first-order chi connectivity index (χ1) is 8.11. The molecule has 4 heteroatoms. The van der Waals surface area contributed by atoms with Crippen LogP contribution in [0.1, 0.15) is 31.4 Å². The van der Waals surface area contributed by atoms with E-state index in [1.807, 2.05) is 6.92 Å². The van der Waals surface area contributed by atoms with E-state index >= 15 is 0 Å². The normalized spacial score (nSPS) is 25.4. The molecule has 0 bridgehead atoms. The molecule has 1 aliphatic heterocycles. The molecule has 1 heterocycles. The molecule has 0 spiro atoms. The van der Waals surface area contributed by atoms with Crippen LogP contribution in [0.5, 0.6) is 0 Å². The van der Waals surface area contributed by atoms with E-state index in [1.165, 1.54) is 12.1 Å². The highest BCUT2D eigenvalue weighted by molar-refractivity contribution is 5.23. The summed E-state index contributed by atoms with van der Waals surface area (Å²) in [6.45, 7) is 3.66. The number of aliphatic hydroxyl groups excluding tert-OH is 1. The van der Waals surface area contributed by atoms with Gasteiger partial charge in [0.15, 0.2) is 0 Å². The zero-order valence-electron chi connectivity index (χ0n) is 9.87. The molecule has 2 nitrogen and oxygen atoms in total. The van der Waals surface area contributed by atoms with Crippen LogP contribution in [0.4, 0.5) is 8.78 Å². The van der Waals surface area contributed by atoms with Gasteiger partial charge in [0.1, 0.15) is 11.6 Å². The summed E-state index contributed by atoms with van der Waals surface area (Å²) < 4.78 is 26.4. The third-order valence-electron chi connectivity index (χ3n) is 3.21. The van der Waals surface area contributed by atoms with Gasteiger partial charge in [-0.25, -0.2) is 8.78 Å². The van der Waals surface area contributed by atoms with Crippen molar-refractivity contribution in [2.75, 3.05) is 13.1 Å². The van der Waals surface area contributed by atoms with Crippen LogP contribution >= 0.6 is 0 Å². The van der Waals surface area contributed by atoms with Gasteiger partial charge in [-0.1, -0.05) is 6.92 Å². The maximum Gasteiger partial charge on any atom is 0.126 e. The Morgan fingerprint density at radius 1 is 1.29 bits per heavy atom. The van der Waals surface area contributed by atoms with Gasteiger partial charge in [0.25, 0.3) is 0 Å². The molecule has 1 aromatic rings. The highest BCUT2D eigenvalue weighted by atomic mass is 19.1. The number of benzene rings is 1. The average Bonchev–Trinajstić information content (AvgIpc) is 2.59. The minimum Gasteiger partial charge on any atom is -0.391 e. The zero-order valence-corrected chi connectivity index (χ0v) is 9.87. The highest BCUT2D eigenvalue weighted by Gasteiger charge is 2.33. The van der Waals surface area contributed by atoms with Crippen LogP contribution in [0, 0.1) is 11.6 Å². The van der Waals surface area contributed by atoms with Gasteiger partial charge in [-0.15, -0.1) is 0 Å². The second-order valence-electron chi connectivity index (χ2n) is 4.54. The van der Waals surface area contributed by atoms with Gasteiger partial charge < -0.3 is 5.11 Å². The average molecular weight is 241 g/mol. The van der Waals surface area contributed by atoms with E-state index in [0.717, 1.165) is 25.6 Å². The number of likely N-dealkylation sites (tertiary alicyclic amines) is 1. The number of aliphatic hydroxyl groups is 1. The van der Waals surface area contributed by atoms with Gasteiger partial charge in [0.05, 0.1) is 12.1 Å². The Kier molecular flexibility index (Phi) is 3.74. The molecule has 1 N–H and O–H groups in total. The molecular weight excluding hydrogens is 224 g/mol. The predicted octanol–water partition coefficient (Wildman–Crippen LogP) is 2.48. The molecule has 94 valence electrons. The van der Waals surface area contributed by atoms with E-state index in [-0.39, 0.29) is 6.04 Å². The Labute approximate surface area is 99.9 Å². The van der Waals surface area contributed by atoms with E-state index in [0.29, 0.717) is 12.0 Å². The molecule has 2 atom stereocenters. The lowest BCUT2D eigenvalue weighted by atomic mass is 10.0. The maximum atomic E-state index is 13.2. The molecule has 0 aliphatic carbocycles. The van der Waals surface area contributed by atoms with Gasteiger partial charge in [0, 0.05) is 12.6 Å². The fraction of sp³-hybridized carbons (Fsp3) is 0.538. The molecule has 0 aromatic heterocycles. The second kappa shape index (κ2) is 5.10. The zero-order chi connectivity index (χ0) is 12.4. The van der Waals surface area contributed by atoms with Crippen LogP contribution in [-0.4, -0.2) is 29.2 Å². The molecular formula is C13H17F2NO. The Balaban J connectivity index is 2.29. The third kappa shape index (κ3) is 2.64. The van der Waals surface area contributed by atoms with Crippen LogP contribution in [-0.2, 0) is 0 Å². The summed E-state index contributed by atoms with van der Waals surface area (Å²) in [6, 6.07) is 3.20. The molecule has 1 saturated heterocycles. The fourth-order valence-corrected chi connectivity index (χ4v) is 2.56. The Bertz CT molecular complexity index is 375. The van der Waals surface area contributed by atoms with Crippen molar-refractivity contribution in [2.45, 2.75) is 31.9 Å². The first kappa shape index (κ1) is 12.5. The van der Waals surface area contributed by atoms with Crippen LogP contribution in [0.2, 0.25) is 0 Å². The quantitative estimate of drug-likeness (QED) is 0.878. The maximum absolute atomic E-state index is 13.2. The van der Waals surface area contributed by atoms with Crippen molar-refractivity contribution >= 4 is 0 Å². The van der Waals surface area contributed by atoms with Crippen molar-refractivity contribution in [3.05, 3.63) is 35.4 Å². The van der Waals surface area contributed by atoms with Gasteiger partial charge in [-0.05, 0) is 37.1 Å². The molecule has 17 heavy (non-hydrogen) atoms. The molecule has 0 radical (unpaired) electrons. The summed E-state index contributed by atoms with van der Waals surface area (Å²) in [5.74, 6) is -1.17. The number of hydrogen-bond donors (Lipinski definition) is 1. The molecule has 1 fully saturated rings. The number of nitrogens with zero attached hydrogens (tertiary/aromatic N) is 1. The minimum atomic E-state index is -0.587. The lowest BCUT2D eigenvalue weighted by molar-refractivity contribution is 0.116. The van der Waals surface area contributed by atoms with Crippen molar-refractivity contribution in [1.82, 2.24) is 4.90 Å². The van der Waals surface area contributed by atoms with Gasteiger partial charge in [-0.3, -0.25) is 4.90 Å². The summed E-state index contributed by atoms with van der Waals surface area (Å²) in [6.07, 6.45) is 1.08. The van der Waals surface area contributed by atoms with Crippen LogP contribution in [0.15, 0.2) is 18.2 Å². The topological polar surface area (TPSA) is 23.5 Å². The molecule has 2 rings (SSSR count). The molecule has 2 unspecified atom stereocenters. The molecule has 0 amide bonds. The van der Waals surface area contributed by atoms with Crippen molar-refractivity contribution in [3.63, 3.8) is 0 Å². The van der Waals surface area contributed by atoms with E-state index in [1.54, 1.807) is 0 Å². The summed E-state index contributed by atoms with van der Waals surface area (Å²) in [7, 11) is 0. The van der Waals surface area contributed by atoms with E-state index in [9.17, 15) is 13.9 Å². The monoisotopic (exact) mass is 241 g/mol. The fourth-order valence-electron chi connectivity index (χ4n) is 2.56. The van der Waals surface area contributed by atoms with E-state index in [4.69, 9.17) is 0 Å². The first-order valence-corrected chi connectivity index (χ1v) is 6.00. The lowest BCUT2D eigenvalue weighted by Crippen LogP contribution is -2.28. The number of halogens is 2. The van der Waals surface area contributed by atoms with Crippen molar-refractivity contribution in [1.29, 1.82) is 0 Å². The van der Waals surface area contributed by atoms with Crippen LogP contribution in [0.25, 0.3) is 0 Å². The Morgan fingerprint density at radius 2 is 1.94 bits per heavy atom. The van der Waals surface area contributed by atoms with E-state index < -0.39 is 17.7 Å². The largest absolute Gasteiger partial charge is 0.391 e. The van der Waals surface area contributed by atoms with Gasteiger partial charge in [0.2, 0.25) is 0 Å². The van der Waals surface area contributed by atoms with Crippen LogP contribution in [0.3, 0.4) is 0 Å². The second-order valence-corrected chi connectivity index (χ2v) is 4.54. The number of hydrogen-bond acceptors (Lipinski definition) is 2. The Morgan fingerprint density at radius 3 is 2.53 bits per heavy atom. The first-order valence-electron chi connectivity index (χ1n) is 6.00. The lowest BCUT2D eigenvalue weighted by Gasteiger charge is -2.26. The molecule has 1 aromatic carbocycles. The van der Waals surface area contributed by atoms with Crippen LogP contribution < -0.4 is 0 Å². The van der Waals surface area contributed by atoms with Gasteiger partial charge >= 0.3 is 0 Å². The number of rotatable bonds is 3. The molecule has 0 saturated carbocycles. The Hall–Kier alpha value is -1.00. The summed E-state index contributed by atoms with van der Waals surface area (Å²) in [4.78, 5) is 2.08. The SMILES string of the molecule is CCCN1CCC(O)C1c1cc(F)cc(F)c1. The summed E-state index contributed by atoms with van der Waals surface area (Å²) in [5, 5.41) is 9.93. The van der Waals surface area contributed by atoms with Crippen molar-refractivity contribution < 1.29 is 13.9 Å². The summed E-state index contributed by atoms with van der Waals surface area (Å²) in [5.41, 5.74) is 0.529. The summed E-state index contributed by atoms with van der Waals surface area (Å²) >= 11 is 0. The predicted molar refractivity (Wildman–Crippen MR) is 61.6 cm³/mol.